The number of ether oxygens (including phenoxy) is 1. The van der Waals surface area contributed by atoms with Crippen LogP contribution in [0.1, 0.15) is 36.0 Å². The minimum absolute atomic E-state index is 0.256. The number of para-hydroxylation sites is 1. The van der Waals surface area contributed by atoms with E-state index in [0.717, 1.165) is 5.56 Å². The molecule has 0 spiro atoms. The van der Waals surface area contributed by atoms with Gasteiger partial charge in [0.2, 0.25) is 0 Å². The summed E-state index contributed by atoms with van der Waals surface area (Å²) in [5.74, 6) is -0.973. The summed E-state index contributed by atoms with van der Waals surface area (Å²) >= 11 is 1.33. The Morgan fingerprint density at radius 3 is 2.36 bits per heavy atom. The molecule has 3 rings (SSSR count). The molecule has 2 amide bonds. The van der Waals surface area contributed by atoms with Crippen molar-refractivity contribution in [3.8, 4) is 0 Å². The maximum absolute atomic E-state index is 12.6. The largest absolute Gasteiger partial charge is 0.465 e. The number of anilines is 1. The van der Waals surface area contributed by atoms with E-state index in [-0.39, 0.29) is 18.4 Å². The first-order valence-electron chi connectivity index (χ1n) is 8.48. The fourth-order valence-corrected chi connectivity index (χ4v) is 3.15. The summed E-state index contributed by atoms with van der Waals surface area (Å²) in [6.07, 6.45) is 0. The van der Waals surface area contributed by atoms with Crippen molar-refractivity contribution in [3.63, 3.8) is 0 Å². The molecule has 28 heavy (non-hydrogen) atoms. The number of carbonyl (C=O) groups is 3. The van der Waals surface area contributed by atoms with Crippen molar-refractivity contribution in [2.24, 2.45) is 0 Å². The van der Waals surface area contributed by atoms with Crippen LogP contribution in [0.25, 0.3) is 0 Å². The van der Waals surface area contributed by atoms with Crippen LogP contribution >= 0.6 is 11.3 Å². The number of methoxy groups -OCH3 is 1. The number of benzene rings is 2. The number of thiophene rings is 1. The molecule has 3 aromatic rings. The lowest BCUT2D eigenvalue weighted by molar-refractivity contribution is 0.0600. The standard InChI is InChI=1S/C21H18N2O4S/c1-27-21(26)15-10-8-14(9-11-15)13-22-19(24)16-5-2-3-6-17(16)23-20(25)18-7-4-12-28-18/h2-12H,13H2,1H3,(H,22,24)(H,23,25). The molecular weight excluding hydrogens is 376 g/mol. The molecule has 2 N–H and O–H groups in total. The molecule has 0 unspecified atom stereocenters. The fourth-order valence-electron chi connectivity index (χ4n) is 2.54. The van der Waals surface area contributed by atoms with Crippen molar-refractivity contribution in [3.05, 3.63) is 87.6 Å². The molecule has 1 aromatic heterocycles. The quantitative estimate of drug-likeness (QED) is 0.624. The normalized spacial score (nSPS) is 10.2. The van der Waals surface area contributed by atoms with Gasteiger partial charge in [0, 0.05) is 6.54 Å². The van der Waals surface area contributed by atoms with E-state index in [4.69, 9.17) is 0 Å². The van der Waals surface area contributed by atoms with E-state index in [0.29, 0.717) is 21.7 Å². The van der Waals surface area contributed by atoms with Crippen LogP contribution in [0.5, 0.6) is 0 Å². The average Bonchev–Trinajstić information content (AvgIpc) is 3.27. The van der Waals surface area contributed by atoms with Gasteiger partial charge in [-0.15, -0.1) is 11.3 Å². The summed E-state index contributed by atoms with van der Waals surface area (Å²) in [6, 6.07) is 17.1. The zero-order valence-corrected chi connectivity index (χ0v) is 15.9. The van der Waals surface area contributed by atoms with Crippen LogP contribution in [-0.2, 0) is 11.3 Å². The number of hydrogen-bond donors (Lipinski definition) is 2. The Morgan fingerprint density at radius 1 is 0.929 bits per heavy atom. The third kappa shape index (κ3) is 4.63. The fraction of sp³-hybridized carbons (Fsp3) is 0.0952. The second-order valence-electron chi connectivity index (χ2n) is 5.85. The summed E-state index contributed by atoms with van der Waals surface area (Å²) in [6.45, 7) is 0.285. The Kier molecular flexibility index (Phi) is 6.18. The second-order valence-corrected chi connectivity index (χ2v) is 6.80. The van der Waals surface area contributed by atoms with Crippen molar-refractivity contribution in [2.75, 3.05) is 12.4 Å². The highest BCUT2D eigenvalue weighted by atomic mass is 32.1. The van der Waals surface area contributed by atoms with Crippen molar-refractivity contribution in [1.29, 1.82) is 0 Å². The van der Waals surface area contributed by atoms with Gasteiger partial charge in [-0.05, 0) is 41.3 Å². The Bertz CT molecular complexity index is 982. The van der Waals surface area contributed by atoms with Crippen molar-refractivity contribution < 1.29 is 19.1 Å². The van der Waals surface area contributed by atoms with E-state index in [1.54, 1.807) is 60.7 Å². The third-order valence-corrected chi connectivity index (χ3v) is 4.86. The molecule has 0 aliphatic rings. The monoisotopic (exact) mass is 394 g/mol. The smallest absolute Gasteiger partial charge is 0.337 e. The van der Waals surface area contributed by atoms with Gasteiger partial charge in [0.1, 0.15) is 0 Å². The highest BCUT2D eigenvalue weighted by Gasteiger charge is 2.14. The predicted octanol–water partition coefficient (Wildman–Crippen LogP) is 3.72. The SMILES string of the molecule is COC(=O)c1ccc(CNC(=O)c2ccccc2NC(=O)c2cccs2)cc1. The molecule has 0 bridgehead atoms. The summed E-state index contributed by atoms with van der Waals surface area (Å²) in [5.41, 5.74) is 2.10. The Morgan fingerprint density at radius 2 is 1.68 bits per heavy atom. The Balaban J connectivity index is 1.66. The molecule has 6 nitrogen and oxygen atoms in total. The average molecular weight is 394 g/mol. The zero-order valence-electron chi connectivity index (χ0n) is 15.1. The lowest BCUT2D eigenvalue weighted by Gasteiger charge is -2.11. The van der Waals surface area contributed by atoms with E-state index in [2.05, 4.69) is 15.4 Å². The van der Waals surface area contributed by atoms with E-state index in [1.807, 2.05) is 5.38 Å². The lowest BCUT2D eigenvalue weighted by Crippen LogP contribution is -2.24. The van der Waals surface area contributed by atoms with E-state index >= 15 is 0 Å². The van der Waals surface area contributed by atoms with Crippen LogP contribution in [0.4, 0.5) is 5.69 Å². The Hall–Kier alpha value is -3.45. The first-order chi connectivity index (χ1) is 13.6. The third-order valence-electron chi connectivity index (χ3n) is 3.99. The van der Waals surface area contributed by atoms with Crippen LogP contribution in [-0.4, -0.2) is 24.9 Å². The maximum Gasteiger partial charge on any atom is 0.337 e. The molecule has 2 aromatic carbocycles. The molecule has 7 heteroatoms. The van der Waals surface area contributed by atoms with Crippen LogP contribution in [0.2, 0.25) is 0 Å². The minimum Gasteiger partial charge on any atom is -0.465 e. The number of nitrogens with one attached hydrogen (secondary N) is 2. The van der Waals surface area contributed by atoms with E-state index < -0.39 is 5.97 Å². The number of amides is 2. The molecule has 142 valence electrons. The molecule has 1 heterocycles. The minimum atomic E-state index is -0.411. The van der Waals surface area contributed by atoms with Gasteiger partial charge in [0.05, 0.1) is 28.8 Å². The van der Waals surface area contributed by atoms with E-state index in [1.165, 1.54) is 18.4 Å². The molecule has 0 aliphatic heterocycles. The van der Waals surface area contributed by atoms with Gasteiger partial charge >= 0.3 is 5.97 Å². The molecular formula is C21H18N2O4S. The van der Waals surface area contributed by atoms with Crippen molar-refractivity contribution in [1.82, 2.24) is 5.32 Å². The van der Waals surface area contributed by atoms with Crippen LogP contribution < -0.4 is 10.6 Å². The summed E-state index contributed by atoms with van der Waals surface area (Å²) in [5, 5.41) is 7.42. The maximum atomic E-state index is 12.6. The number of hydrogen-bond acceptors (Lipinski definition) is 5. The molecule has 0 fully saturated rings. The predicted molar refractivity (Wildman–Crippen MR) is 108 cm³/mol. The van der Waals surface area contributed by atoms with Crippen molar-refractivity contribution in [2.45, 2.75) is 6.54 Å². The molecule has 0 saturated carbocycles. The van der Waals surface area contributed by atoms with Gasteiger partial charge in [-0.1, -0.05) is 30.3 Å². The van der Waals surface area contributed by atoms with Gasteiger partial charge in [0.15, 0.2) is 0 Å². The van der Waals surface area contributed by atoms with Crippen molar-refractivity contribution >= 4 is 34.8 Å². The molecule has 0 saturated heterocycles. The summed E-state index contributed by atoms with van der Waals surface area (Å²) < 4.78 is 4.66. The number of esters is 1. The first-order valence-corrected chi connectivity index (χ1v) is 9.36. The molecule has 0 atom stereocenters. The van der Waals surface area contributed by atoms with Crippen LogP contribution in [0, 0.1) is 0 Å². The van der Waals surface area contributed by atoms with Gasteiger partial charge in [-0.25, -0.2) is 4.79 Å². The molecule has 0 aliphatic carbocycles. The number of carbonyl (C=O) groups excluding carboxylic acids is 3. The second kappa shape index (κ2) is 8.96. The van der Waals surface area contributed by atoms with Gasteiger partial charge < -0.3 is 15.4 Å². The summed E-state index contributed by atoms with van der Waals surface area (Å²) in [4.78, 5) is 36.9. The van der Waals surface area contributed by atoms with E-state index in [9.17, 15) is 14.4 Å². The lowest BCUT2D eigenvalue weighted by atomic mass is 10.1. The highest BCUT2D eigenvalue weighted by molar-refractivity contribution is 7.12. The zero-order chi connectivity index (χ0) is 19.9. The van der Waals surface area contributed by atoms with Gasteiger partial charge in [-0.3, -0.25) is 9.59 Å². The van der Waals surface area contributed by atoms with Gasteiger partial charge in [-0.2, -0.15) is 0 Å². The van der Waals surface area contributed by atoms with Gasteiger partial charge in [0.25, 0.3) is 11.8 Å². The van der Waals surface area contributed by atoms with Crippen LogP contribution in [0.15, 0.2) is 66.0 Å². The topological polar surface area (TPSA) is 84.5 Å². The van der Waals surface area contributed by atoms with Crippen LogP contribution in [0.3, 0.4) is 0 Å². The number of rotatable bonds is 6. The Labute approximate surface area is 166 Å². The molecule has 0 radical (unpaired) electrons. The summed E-state index contributed by atoms with van der Waals surface area (Å²) in [7, 11) is 1.32. The highest BCUT2D eigenvalue weighted by Crippen LogP contribution is 2.18. The first kappa shape index (κ1) is 19.3.